The molecule has 92 valence electrons. The van der Waals surface area contributed by atoms with Crippen molar-refractivity contribution < 1.29 is 9.59 Å². The van der Waals surface area contributed by atoms with Crippen molar-refractivity contribution in [2.75, 3.05) is 31.5 Å². The first-order valence-electron chi connectivity index (χ1n) is 5.25. The highest BCUT2D eigenvalue weighted by Gasteiger charge is 2.22. The molecule has 0 aliphatic carbocycles. The van der Waals surface area contributed by atoms with Crippen LogP contribution in [0.25, 0.3) is 0 Å². The van der Waals surface area contributed by atoms with Crippen LogP contribution >= 0.6 is 11.5 Å². The summed E-state index contributed by atoms with van der Waals surface area (Å²) in [6.45, 7) is 3.82. The largest absolute Gasteiger partial charge is 0.339 e. The summed E-state index contributed by atoms with van der Waals surface area (Å²) >= 11 is 1.14. The molecule has 0 atom stereocenters. The zero-order valence-electron chi connectivity index (χ0n) is 9.42. The summed E-state index contributed by atoms with van der Waals surface area (Å²) in [4.78, 5) is 26.3. The molecule has 0 unspecified atom stereocenters. The van der Waals surface area contributed by atoms with E-state index in [0.717, 1.165) is 11.5 Å². The van der Waals surface area contributed by atoms with Crippen LogP contribution in [0, 0.1) is 0 Å². The molecule has 3 amide bonds. The molecule has 7 nitrogen and oxygen atoms in total. The van der Waals surface area contributed by atoms with Gasteiger partial charge in [-0.05, 0) is 0 Å². The number of urea groups is 1. The highest BCUT2D eigenvalue weighted by molar-refractivity contribution is 7.10. The summed E-state index contributed by atoms with van der Waals surface area (Å²) in [5, 5.41) is 6.98. The van der Waals surface area contributed by atoms with Gasteiger partial charge in [-0.2, -0.15) is 0 Å². The Labute approximate surface area is 103 Å². The van der Waals surface area contributed by atoms with Gasteiger partial charge in [-0.25, -0.2) is 4.79 Å². The molecule has 0 radical (unpaired) electrons. The molecule has 1 saturated heterocycles. The third kappa shape index (κ3) is 2.90. The lowest BCUT2D eigenvalue weighted by Crippen LogP contribution is -2.51. The van der Waals surface area contributed by atoms with Gasteiger partial charge >= 0.3 is 6.03 Å². The maximum atomic E-state index is 11.8. The topological polar surface area (TPSA) is 78.4 Å². The van der Waals surface area contributed by atoms with Crippen LogP contribution in [0.15, 0.2) is 6.20 Å². The smallest absolute Gasteiger partial charge is 0.322 e. The van der Waals surface area contributed by atoms with E-state index in [0.29, 0.717) is 31.2 Å². The van der Waals surface area contributed by atoms with Crippen molar-refractivity contribution in [3.8, 4) is 0 Å². The lowest BCUT2D eigenvalue weighted by molar-refractivity contribution is -0.130. The maximum absolute atomic E-state index is 11.8. The van der Waals surface area contributed by atoms with E-state index in [4.69, 9.17) is 0 Å². The monoisotopic (exact) mass is 255 g/mol. The van der Waals surface area contributed by atoms with Crippen molar-refractivity contribution in [2.24, 2.45) is 0 Å². The van der Waals surface area contributed by atoms with Crippen molar-refractivity contribution in [2.45, 2.75) is 6.92 Å². The summed E-state index contributed by atoms with van der Waals surface area (Å²) in [6.07, 6.45) is 1.51. The van der Waals surface area contributed by atoms with Crippen LogP contribution < -0.4 is 5.32 Å². The number of carbonyl (C=O) groups excluding carboxylic acids is 2. The molecule has 0 bridgehead atoms. The van der Waals surface area contributed by atoms with Crippen molar-refractivity contribution in [1.82, 2.24) is 19.4 Å². The van der Waals surface area contributed by atoms with Gasteiger partial charge in [0.15, 0.2) is 0 Å². The van der Waals surface area contributed by atoms with Crippen LogP contribution in [0.1, 0.15) is 6.92 Å². The number of hydrogen-bond acceptors (Lipinski definition) is 5. The summed E-state index contributed by atoms with van der Waals surface area (Å²) in [5.41, 5.74) is 0. The minimum atomic E-state index is -0.167. The Morgan fingerprint density at radius 3 is 2.47 bits per heavy atom. The molecule has 8 heteroatoms. The SMILES string of the molecule is CC(=O)N1CCN(C(=O)Nc2cnns2)CC1. The molecule has 17 heavy (non-hydrogen) atoms. The molecule has 2 rings (SSSR count). The molecule has 0 aromatic carbocycles. The first kappa shape index (κ1) is 11.8. The Kier molecular flexibility index (Phi) is 3.52. The van der Waals surface area contributed by atoms with Gasteiger partial charge in [0, 0.05) is 44.6 Å². The van der Waals surface area contributed by atoms with E-state index >= 15 is 0 Å². The minimum absolute atomic E-state index is 0.0525. The van der Waals surface area contributed by atoms with E-state index in [9.17, 15) is 9.59 Å². The number of carbonyl (C=O) groups is 2. The zero-order valence-corrected chi connectivity index (χ0v) is 10.2. The van der Waals surface area contributed by atoms with Gasteiger partial charge in [0.2, 0.25) is 5.91 Å². The molecule has 0 spiro atoms. The number of anilines is 1. The number of hydrogen-bond donors (Lipinski definition) is 1. The van der Waals surface area contributed by atoms with Crippen molar-refractivity contribution in [3.63, 3.8) is 0 Å². The Morgan fingerprint density at radius 2 is 1.94 bits per heavy atom. The predicted octanol–water partition coefficient (Wildman–Crippen LogP) is 0.234. The second kappa shape index (κ2) is 5.09. The normalized spacial score (nSPS) is 15.8. The number of piperazine rings is 1. The van der Waals surface area contributed by atoms with E-state index in [1.54, 1.807) is 16.7 Å². The fourth-order valence-corrected chi connectivity index (χ4v) is 2.04. The lowest BCUT2D eigenvalue weighted by Gasteiger charge is -2.33. The zero-order chi connectivity index (χ0) is 12.3. The van der Waals surface area contributed by atoms with Gasteiger partial charge in [0.05, 0.1) is 6.20 Å². The van der Waals surface area contributed by atoms with E-state index < -0.39 is 0 Å². The summed E-state index contributed by atoms with van der Waals surface area (Å²) in [5.74, 6) is 0.0525. The summed E-state index contributed by atoms with van der Waals surface area (Å²) in [6, 6.07) is -0.167. The number of nitrogens with one attached hydrogen (secondary N) is 1. The third-order valence-electron chi connectivity index (χ3n) is 2.60. The van der Waals surface area contributed by atoms with Crippen molar-refractivity contribution >= 4 is 28.5 Å². The summed E-state index contributed by atoms with van der Waals surface area (Å²) in [7, 11) is 0. The average molecular weight is 255 g/mol. The Morgan fingerprint density at radius 1 is 1.29 bits per heavy atom. The van der Waals surface area contributed by atoms with Gasteiger partial charge in [-0.3, -0.25) is 10.1 Å². The third-order valence-corrected chi connectivity index (χ3v) is 3.18. The molecular weight excluding hydrogens is 242 g/mol. The van der Waals surface area contributed by atoms with Gasteiger partial charge in [0.25, 0.3) is 0 Å². The maximum Gasteiger partial charge on any atom is 0.322 e. The van der Waals surface area contributed by atoms with Crippen molar-refractivity contribution in [3.05, 3.63) is 6.20 Å². The molecule has 1 fully saturated rings. The molecular formula is C9H13N5O2S. The summed E-state index contributed by atoms with van der Waals surface area (Å²) < 4.78 is 3.66. The number of nitrogens with zero attached hydrogens (tertiary/aromatic N) is 4. The highest BCUT2D eigenvalue weighted by Crippen LogP contribution is 2.11. The minimum Gasteiger partial charge on any atom is -0.339 e. The molecule has 1 aliphatic rings. The fraction of sp³-hybridized carbons (Fsp3) is 0.556. The second-order valence-corrected chi connectivity index (χ2v) is 4.49. The average Bonchev–Trinajstić information content (AvgIpc) is 2.82. The molecule has 1 aromatic heterocycles. The van der Waals surface area contributed by atoms with Crippen LogP contribution in [0.5, 0.6) is 0 Å². The Balaban J connectivity index is 1.84. The van der Waals surface area contributed by atoms with Crippen molar-refractivity contribution in [1.29, 1.82) is 0 Å². The predicted molar refractivity (Wildman–Crippen MR) is 62.8 cm³/mol. The molecule has 1 N–H and O–H groups in total. The molecule has 1 aliphatic heterocycles. The second-order valence-electron chi connectivity index (χ2n) is 3.71. The standard InChI is InChI=1S/C9H13N5O2S/c1-7(15)13-2-4-14(5-3-13)9(16)11-8-6-10-12-17-8/h6H,2-5H2,1H3,(H,11,16). The first-order valence-corrected chi connectivity index (χ1v) is 6.03. The van der Waals surface area contributed by atoms with Gasteiger partial charge in [-0.1, -0.05) is 4.49 Å². The first-order chi connectivity index (χ1) is 8.16. The van der Waals surface area contributed by atoms with Crippen LogP contribution in [-0.2, 0) is 4.79 Å². The Hall–Kier alpha value is -1.70. The highest BCUT2D eigenvalue weighted by atomic mass is 32.1. The van der Waals surface area contributed by atoms with Crippen LogP contribution in [0.2, 0.25) is 0 Å². The van der Waals surface area contributed by atoms with Crippen LogP contribution in [0.3, 0.4) is 0 Å². The number of amides is 3. The van der Waals surface area contributed by atoms with Gasteiger partial charge in [-0.15, -0.1) is 5.10 Å². The molecule has 0 saturated carbocycles. The van der Waals surface area contributed by atoms with E-state index in [1.807, 2.05) is 0 Å². The van der Waals surface area contributed by atoms with Crippen LogP contribution in [0.4, 0.5) is 9.80 Å². The van der Waals surface area contributed by atoms with Crippen LogP contribution in [-0.4, -0.2) is 57.5 Å². The molecule has 2 heterocycles. The quantitative estimate of drug-likeness (QED) is 0.779. The van der Waals surface area contributed by atoms with Gasteiger partial charge in [0.1, 0.15) is 5.00 Å². The van der Waals surface area contributed by atoms with E-state index in [-0.39, 0.29) is 11.9 Å². The number of rotatable bonds is 1. The lowest BCUT2D eigenvalue weighted by atomic mass is 10.3. The Bertz CT molecular complexity index is 400. The van der Waals surface area contributed by atoms with E-state index in [1.165, 1.54) is 6.20 Å². The van der Waals surface area contributed by atoms with Gasteiger partial charge < -0.3 is 9.80 Å². The van der Waals surface area contributed by atoms with E-state index in [2.05, 4.69) is 14.9 Å². The fourth-order valence-electron chi connectivity index (χ4n) is 1.63. The number of aromatic nitrogens is 2. The molecule has 1 aromatic rings.